The van der Waals surface area contributed by atoms with Crippen molar-refractivity contribution in [1.82, 2.24) is 4.98 Å². The molecule has 0 unspecified atom stereocenters. The molecule has 1 heterocycles. The summed E-state index contributed by atoms with van der Waals surface area (Å²) in [7, 11) is 0. The number of aromatic amines is 1. The largest absolute Gasteiger partial charge is 0.508 e. The smallest absolute Gasteiger partial charge is 0.248 e. The molecule has 0 spiro atoms. The number of hydrogen-bond acceptors (Lipinski definition) is 2. The first-order valence-electron chi connectivity index (χ1n) is 4.94. The molecule has 3 heteroatoms. The Hall–Kier alpha value is -1.77. The molecule has 0 saturated carbocycles. The van der Waals surface area contributed by atoms with Gasteiger partial charge < -0.3 is 10.1 Å². The standard InChI is InChI=1S/C12H13NO2/c1-7(2)10-5-8(14)6-11-9(10)3-4-12(15)13-11/h3-7,14H,1-2H3,(H,13,15). The van der Waals surface area contributed by atoms with Crippen LogP contribution in [-0.4, -0.2) is 10.1 Å². The van der Waals surface area contributed by atoms with E-state index in [9.17, 15) is 9.90 Å². The highest BCUT2D eigenvalue weighted by atomic mass is 16.3. The Morgan fingerprint density at radius 3 is 2.67 bits per heavy atom. The van der Waals surface area contributed by atoms with Gasteiger partial charge in [0.1, 0.15) is 5.75 Å². The van der Waals surface area contributed by atoms with Crippen LogP contribution in [0.3, 0.4) is 0 Å². The molecule has 2 aromatic rings. The molecular formula is C12H13NO2. The molecule has 0 radical (unpaired) electrons. The van der Waals surface area contributed by atoms with Crippen LogP contribution in [0.15, 0.2) is 29.1 Å². The number of phenolic OH excluding ortho intramolecular Hbond substituents is 1. The molecule has 0 aliphatic heterocycles. The zero-order valence-electron chi connectivity index (χ0n) is 8.74. The SMILES string of the molecule is CC(C)c1cc(O)cc2[nH]c(=O)ccc12. The van der Waals surface area contributed by atoms with Gasteiger partial charge in [0, 0.05) is 17.5 Å². The number of H-pyrrole nitrogens is 1. The lowest BCUT2D eigenvalue weighted by atomic mass is 9.98. The Kier molecular flexibility index (Phi) is 2.23. The zero-order valence-corrected chi connectivity index (χ0v) is 8.74. The first-order valence-corrected chi connectivity index (χ1v) is 4.94. The van der Waals surface area contributed by atoms with E-state index in [-0.39, 0.29) is 11.3 Å². The number of rotatable bonds is 1. The molecule has 2 rings (SSSR count). The van der Waals surface area contributed by atoms with Gasteiger partial charge in [-0.25, -0.2) is 0 Å². The van der Waals surface area contributed by atoms with Crippen LogP contribution in [0.4, 0.5) is 0 Å². The maximum atomic E-state index is 11.1. The summed E-state index contributed by atoms with van der Waals surface area (Å²) in [4.78, 5) is 13.8. The van der Waals surface area contributed by atoms with Crippen LogP contribution < -0.4 is 5.56 Å². The Balaban J connectivity index is 2.86. The van der Waals surface area contributed by atoms with E-state index in [1.807, 2.05) is 0 Å². The normalized spacial score (nSPS) is 11.1. The van der Waals surface area contributed by atoms with Crippen LogP contribution in [0, 0.1) is 0 Å². The summed E-state index contributed by atoms with van der Waals surface area (Å²) in [5.74, 6) is 0.499. The van der Waals surface area contributed by atoms with Gasteiger partial charge in [-0.1, -0.05) is 13.8 Å². The van der Waals surface area contributed by atoms with Crippen molar-refractivity contribution >= 4 is 10.9 Å². The Morgan fingerprint density at radius 2 is 2.00 bits per heavy atom. The van der Waals surface area contributed by atoms with Crippen LogP contribution in [0.2, 0.25) is 0 Å². The molecule has 0 bridgehead atoms. The second-order valence-corrected chi connectivity index (χ2v) is 3.97. The molecule has 0 fully saturated rings. The summed E-state index contributed by atoms with van der Waals surface area (Å²) in [5.41, 5.74) is 1.58. The van der Waals surface area contributed by atoms with Crippen LogP contribution in [-0.2, 0) is 0 Å². The number of nitrogens with one attached hydrogen (secondary N) is 1. The van der Waals surface area contributed by atoms with Gasteiger partial charge in [0.25, 0.3) is 0 Å². The number of fused-ring (bicyclic) bond motifs is 1. The van der Waals surface area contributed by atoms with Crippen molar-refractivity contribution in [2.45, 2.75) is 19.8 Å². The summed E-state index contributed by atoms with van der Waals surface area (Å²) in [6.07, 6.45) is 0. The first-order chi connectivity index (χ1) is 7.08. The molecular weight excluding hydrogens is 190 g/mol. The molecule has 1 aromatic carbocycles. The van der Waals surface area contributed by atoms with E-state index in [0.717, 1.165) is 10.9 Å². The number of phenols is 1. The second kappa shape index (κ2) is 3.42. The topological polar surface area (TPSA) is 53.1 Å². The fraction of sp³-hybridized carbons (Fsp3) is 0.250. The predicted molar refractivity (Wildman–Crippen MR) is 60.3 cm³/mol. The van der Waals surface area contributed by atoms with E-state index in [4.69, 9.17) is 0 Å². The molecule has 0 amide bonds. The van der Waals surface area contributed by atoms with Crippen LogP contribution in [0.25, 0.3) is 10.9 Å². The number of pyridine rings is 1. The maximum absolute atomic E-state index is 11.1. The average Bonchev–Trinajstić information content (AvgIpc) is 2.15. The minimum Gasteiger partial charge on any atom is -0.508 e. The van der Waals surface area contributed by atoms with Crippen molar-refractivity contribution < 1.29 is 5.11 Å². The molecule has 0 aliphatic carbocycles. The third kappa shape index (κ3) is 1.73. The summed E-state index contributed by atoms with van der Waals surface area (Å²) < 4.78 is 0. The highest BCUT2D eigenvalue weighted by Gasteiger charge is 2.07. The number of hydrogen-bond donors (Lipinski definition) is 2. The summed E-state index contributed by atoms with van der Waals surface area (Å²) in [6, 6.07) is 6.61. The Bertz CT molecular complexity index is 555. The average molecular weight is 203 g/mol. The van der Waals surface area contributed by atoms with Gasteiger partial charge in [-0.15, -0.1) is 0 Å². The maximum Gasteiger partial charge on any atom is 0.248 e. The molecule has 0 atom stereocenters. The van der Waals surface area contributed by atoms with Gasteiger partial charge in [-0.05, 0) is 23.6 Å². The van der Waals surface area contributed by atoms with Crippen molar-refractivity contribution in [3.63, 3.8) is 0 Å². The summed E-state index contributed by atoms with van der Waals surface area (Å²) in [5, 5.41) is 10.5. The van der Waals surface area contributed by atoms with Crippen LogP contribution in [0.5, 0.6) is 5.75 Å². The van der Waals surface area contributed by atoms with Gasteiger partial charge in [-0.2, -0.15) is 0 Å². The van der Waals surface area contributed by atoms with Gasteiger partial charge in [0.05, 0.1) is 5.52 Å². The molecule has 0 aliphatic rings. The van der Waals surface area contributed by atoms with E-state index in [0.29, 0.717) is 11.4 Å². The first kappa shape index (κ1) is 9.77. The van der Waals surface area contributed by atoms with Crippen molar-refractivity contribution in [3.8, 4) is 5.75 Å². The van der Waals surface area contributed by atoms with E-state index in [1.54, 1.807) is 18.2 Å². The van der Waals surface area contributed by atoms with E-state index >= 15 is 0 Å². The van der Waals surface area contributed by atoms with Crippen LogP contribution >= 0.6 is 0 Å². The van der Waals surface area contributed by atoms with Crippen molar-refractivity contribution in [3.05, 3.63) is 40.2 Å². The summed E-state index contributed by atoms with van der Waals surface area (Å²) >= 11 is 0. The summed E-state index contributed by atoms with van der Waals surface area (Å²) in [6.45, 7) is 4.11. The van der Waals surface area contributed by atoms with E-state index in [1.165, 1.54) is 6.07 Å². The third-order valence-electron chi connectivity index (χ3n) is 2.48. The highest BCUT2D eigenvalue weighted by molar-refractivity contribution is 5.84. The van der Waals surface area contributed by atoms with Crippen molar-refractivity contribution in [1.29, 1.82) is 0 Å². The monoisotopic (exact) mass is 203 g/mol. The van der Waals surface area contributed by atoms with E-state index < -0.39 is 0 Å². The molecule has 0 saturated heterocycles. The Labute approximate surface area is 87.4 Å². The molecule has 78 valence electrons. The second-order valence-electron chi connectivity index (χ2n) is 3.97. The number of benzene rings is 1. The van der Waals surface area contributed by atoms with Gasteiger partial charge in [0.15, 0.2) is 0 Å². The van der Waals surface area contributed by atoms with Crippen molar-refractivity contribution in [2.24, 2.45) is 0 Å². The molecule has 2 N–H and O–H groups in total. The van der Waals surface area contributed by atoms with Gasteiger partial charge in [-0.3, -0.25) is 4.79 Å². The highest BCUT2D eigenvalue weighted by Crippen LogP contribution is 2.27. The number of aromatic nitrogens is 1. The Morgan fingerprint density at radius 1 is 1.27 bits per heavy atom. The quantitative estimate of drug-likeness (QED) is 0.747. The zero-order chi connectivity index (χ0) is 11.0. The minimum atomic E-state index is -0.150. The third-order valence-corrected chi connectivity index (χ3v) is 2.48. The van der Waals surface area contributed by atoms with Gasteiger partial charge >= 0.3 is 0 Å². The van der Waals surface area contributed by atoms with Crippen molar-refractivity contribution in [2.75, 3.05) is 0 Å². The van der Waals surface area contributed by atoms with E-state index in [2.05, 4.69) is 18.8 Å². The number of aromatic hydroxyl groups is 1. The predicted octanol–water partition coefficient (Wildman–Crippen LogP) is 2.36. The fourth-order valence-electron chi connectivity index (χ4n) is 1.76. The lowest BCUT2D eigenvalue weighted by Gasteiger charge is -2.10. The lowest BCUT2D eigenvalue weighted by Crippen LogP contribution is -2.03. The molecule has 1 aromatic heterocycles. The van der Waals surface area contributed by atoms with Gasteiger partial charge in [0.2, 0.25) is 5.56 Å². The minimum absolute atomic E-state index is 0.150. The molecule has 3 nitrogen and oxygen atoms in total. The fourth-order valence-corrected chi connectivity index (χ4v) is 1.76. The molecule has 15 heavy (non-hydrogen) atoms. The van der Waals surface area contributed by atoms with Crippen LogP contribution in [0.1, 0.15) is 25.3 Å². The lowest BCUT2D eigenvalue weighted by molar-refractivity contribution is 0.475.